The van der Waals surface area contributed by atoms with Crippen LogP contribution in [-0.4, -0.2) is 39.6 Å². The van der Waals surface area contributed by atoms with E-state index in [0.717, 1.165) is 0 Å². The summed E-state index contributed by atoms with van der Waals surface area (Å²) in [6.45, 7) is 5.78. The first-order valence-electron chi connectivity index (χ1n) is 6.07. The first-order valence-corrected chi connectivity index (χ1v) is 6.07. The maximum atomic E-state index is 11.9. The van der Waals surface area contributed by atoms with Gasteiger partial charge in [-0.25, -0.2) is 9.78 Å². The van der Waals surface area contributed by atoms with Crippen molar-refractivity contribution in [1.29, 1.82) is 0 Å². The van der Waals surface area contributed by atoms with Crippen LogP contribution in [0.2, 0.25) is 0 Å². The Kier molecular flexibility index (Phi) is 5.35. The minimum atomic E-state index is -0.929. The van der Waals surface area contributed by atoms with Crippen molar-refractivity contribution in [3.63, 3.8) is 0 Å². The predicted octanol–water partition coefficient (Wildman–Crippen LogP) is 1.38. The molecule has 19 heavy (non-hydrogen) atoms. The Bertz CT molecular complexity index is 442. The Morgan fingerprint density at radius 1 is 1.53 bits per heavy atom. The number of urea groups is 1. The number of rotatable bonds is 6. The van der Waals surface area contributed by atoms with Crippen LogP contribution in [0.15, 0.2) is 10.6 Å². The number of carbonyl (C=O) groups is 2. The van der Waals surface area contributed by atoms with Crippen LogP contribution >= 0.6 is 0 Å². The monoisotopic (exact) mass is 269 g/mol. The molecular weight excluding hydrogens is 250 g/mol. The minimum Gasteiger partial charge on any atom is -0.481 e. The number of aliphatic carboxylic acids is 1. The number of nitrogens with zero attached hydrogens (tertiary/aromatic N) is 2. The molecule has 0 aliphatic heterocycles. The lowest BCUT2D eigenvalue weighted by atomic mass is 10.3. The van der Waals surface area contributed by atoms with Gasteiger partial charge in [-0.2, -0.15) is 0 Å². The average molecular weight is 269 g/mol. The molecule has 7 nitrogen and oxygen atoms in total. The molecule has 1 rings (SSSR count). The second kappa shape index (κ2) is 6.77. The molecule has 0 atom stereocenters. The van der Waals surface area contributed by atoms with Crippen molar-refractivity contribution in [2.75, 3.05) is 6.54 Å². The molecule has 0 aliphatic rings. The molecule has 0 spiro atoms. The van der Waals surface area contributed by atoms with Crippen LogP contribution in [0.5, 0.6) is 0 Å². The molecule has 0 fully saturated rings. The van der Waals surface area contributed by atoms with E-state index in [1.807, 2.05) is 13.8 Å². The van der Waals surface area contributed by atoms with Gasteiger partial charge in [-0.3, -0.25) is 4.79 Å². The largest absolute Gasteiger partial charge is 0.481 e. The third-order valence-corrected chi connectivity index (χ3v) is 2.51. The fourth-order valence-corrected chi connectivity index (χ4v) is 1.55. The van der Waals surface area contributed by atoms with Crippen LogP contribution in [-0.2, 0) is 11.3 Å². The lowest BCUT2D eigenvalue weighted by Crippen LogP contribution is -2.44. The van der Waals surface area contributed by atoms with Gasteiger partial charge in [-0.05, 0) is 20.8 Å². The topological polar surface area (TPSA) is 95.7 Å². The molecule has 0 aliphatic carbocycles. The Morgan fingerprint density at radius 3 is 2.68 bits per heavy atom. The van der Waals surface area contributed by atoms with Gasteiger partial charge in [0.05, 0.1) is 19.2 Å². The molecular formula is C12H19N3O4. The summed E-state index contributed by atoms with van der Waals surface area (Å²) in [7, 11) is 0. The molecule has 2 amide bonds. The smallest absolute Gasteiger partial charge is 0.318 e. The molecule has 7 heteroatoms. The van der Waals surface area contributed by atoms with Crippen molar-refractivity contribution >= 4 is 12.0 Å². The van der Waals surface area contributed by atoms with E-state index < -0.39 is 5.97 Å². The first kappa shape index (κ1) is 15.0. The third-order valence-electron chi connectivity index (χ3n) is 2.51. The number of carboxylic acid groups (broad SMARTS) is 1. The zero-order chi connectivity index (χ0) is 14.4. The van der Waals surface area contributed by atoms with Crippen molar-refractivity contribution in [2.24, 2.45) is 0 Å². The van der Waals surface area contributed by atoms with Crippen LogP contribution < -0.4 is 5.32 Å². The van der Waals surface area contributed by atoms with E-state index in [4.69, 9.17) is 9.52 Å². The average Bonchev–Trinajstić information content (AvgIpc) is 2.72. The van der Waals surface area contributed by atoms with E-state index in [-0.39, 0.29) is 31.6 Å². The molecule has 2 N–H and O–H groups in total. The van der Waals surface area contributed by atoms with Gasteiger partial charge in [0.2, 0.25) is 5.89 Å². The molecule has 0 bridgehead atoms. The highest BCUT2D eigenvalue weighted by molar-refractivity contribution is 5.75. The Balaban J connectivity index is 2.49. The molecule has 0 saturated carbocycles. The summed E-state index contributed by atoms with van der Waals surface area (Å²) in [5.74, 6) is 0.172. The van der Waals surface area contributed by atoms with Gasteiger partial charge in [-0.1, -0.05) is 0 Å². The number of amides is 2. The first-order chi connectivity index (χ1) is 8.90. The number of hydrogen-bond donors (Lipinski definition) is 2. The number of carbonyl (C=O) groups excluding carboxylic acids is 1. The fourth-order valence-electron chi connectivity index (χ4n) is 1.55. The Hall–Kier alpha value is -2.05. The molecule has 1 heterocycles. The summed E-state index contributed by atoms with van der Waals surface area (Å²) in [5, 5.41) is 11.3. The lowest BCUT2D eigenvalue weighted by Gasteiger charge is -2.26. The maximum absolute atomic E-state index is 11.9. The standard InChI is InChI=1S/C12H19N3O4/c1-8(2)15(5-4-11(16)17)12(18)14-7-10-13-6-9(3)19-10/h6,8H,4-5,7H2,1-3H3,(H,14,18)(H,16,17). The molecule has 0 unspecified atom stereocenters. The molecule has 1 aromatic heterocycles. The summed E-state index contributed by atoms with van der Waals surface area (Å²) in [6.07, 6.45) is 1.50. The lowest BCUT2D eigenvalue weighted by molar-refractivity contribution is -0.137. The van der Waals surface area contributed by atoms with Gasteiger partial charge in [0.1, 0.15) is 5.76 Å². The van der Waals surface area contributed by atoms with Crippen molar-refractivity contribution < 1.29 is 19.1 Å². The third kappa shape index (κ3) is 4.99. The van der Waals surface area contributed by atoms with Crippen LogP contribution in [0.3, 0.4) is 0 Å². The number of nitrogens with one attached hydrogen (secondary N) is 1. The van der Waals surface area contributed by atoms with E-state index >= 15 is 0 Å². The summed E-state index contributed by atoms with van der Waals surface area (Å²) < 4.78 is 5.23. The predicted molar refractivity (Wildman–Crippen MR) is 67.6 cm³/mol. The second-order valence-corrected chi connectivity index (χ2v) is 4.45. The highest BCUT2D eigenvalue weighted by Crippen LogP contribution is 2.04. The van der Waals surface area contributed by atoms with Crippen molar-refractivity contribution in [3.8, 4) is 0 Å². The SMILES string of the molecule is Cc1cnc(CNC(=O)N(CCC(=O)O)C(C)C)o1. The van der Waals surface area contributed by atoms with Gasteiger partial charge >= 0.3 is 12.0 Å². The van der Waals surface area contributed by atoms with Crippen LogP contribution in [0.25, 0.3) is 0 Å². The Labute approximate surface area is 111 Å². The number of carboxylic acids is 1. The normalized spacial score (nSPS) is 10.5. The molecule has 0 saturated heterocycles. The van der Waals surface area contributed by atoms with Gasteiger partial charge in [0, 0.05) is 12.6 Å². The highest BCUT2D eigenvalue weighted by Gasteiger charge is 2.18. The number of oxazole rings is 1. The highest BCUT2D eigenvalue weighted by atomic mass is 16.4. The van der Waals surface area contributed by atoms with E-state index in [0.29, 0.717) is 11.7 Å². The zero-order valence-electron chi connectivity index (χ0n) is 11.3. The number of aryl methyl sites for hydroxylation is 1. The summed E-state index contributed by atoms with van der Waals surface area (Å²) in [5.41, 5.74) is 0. The quantitative estimate of drug-likeness (QED) is 0.813. The maximum Gasteiger partial charge on any atom is 0.318 e. The van der Waals surface area contributed by atoms with Gasteiger partial charge in [-0.15, -0.1) is 0 Å². The van der Waals surface area contributed by atoms with Gasteiger partial charge < -0.3 is 19.7 Å². The fraction of sp³-hybridized carbons (Fsp3) is 0.583. The van der Waals surface area contributed by atoms with E-state index in [2.05, 4.69) is 10.3 Å². The number of hydrogen-bond acceptors (Lipinski definition) is 4. The van der Waals surface area contributed by atoms with Gasteiger partial charge in [0.25, 0.3) is 0 Å². The van der Waals surface area contributed by atoms with Gasteiger partial charge in [0.15, 0.2) is 0 Å². The van der Waals surface area contributed by atoms with E-state index in [1.54, 1.807) is 13.1 Å². The van der Waals surface area contributed by atoms with Crippen LogP contribution in [0.4, 0.5) is 4.79 Å². The molecule has 1 aromatic rings. The summed E-state index contributed by atoms with van der Waals surface area (Å²) in [6, 6.07) is -0.405. The molecule has 0 aromatic carbocycles. The minimum absolute atomic E-state index is 0.0781. The molecule has 0 radical (unpaired) electrons. The Morgan fingerprint density at radius 2 is 2.21 bits per heavy atom. The zero-order valence-corrected chi connectivity index (χ0v) is 11.3. The van der Waals surface area contributed by atoms with Crippen molar-refractivity contribution in [3.05, 3.63) is 17.8 Å². The van der Waals surface area contributed by atoms with E-state index in [1.165, 1.54) is 4.90 Å². The number of aromatic nitrogens is 1. The van der Waals surface area contributed by atoms with Crippen molar-refractivity contribution in [1.82, 2.24) is 15.2 Å². The van der Waals surface area contributed by atoms with Crippen molar-refractivity contribution in [2.45, 2.75) is 39.8 Å². The van der Waals surface area contributed by atoms with E-state index in [9.17, 15) is 9.59 Å². The summed E-state index contributed by atoms with van der Waals surface area (Å²) in [4.78, 5) is 27.9. The molecule has 106 valence electrons. The van der Waals surface area contributed by atoms with Crippen LogP contribution in [0.1, 0.15) is 31.9 Å². The second-order valence-electron chi connectivity index (χ2n) is 4.45. The van der Waals surface area contributed by atoms with Crippen LogP contribution in [0, 0.1) is 6.92 Å². The summed E-state index contributed by atoms with van der Waals surface area (Å²) >= 11 is 0.